The fourth-order valence-corrected chi connectivity index (χ4v) is 10.1. The quantitative estimate of drug-likeness (QED) is 0.139. The second-order valence-electron chi connectivity index (χ2n) is 19.1. The van der Waals surface area contributed by atoms with E-state index in [0.29, 0.717) is 150 Å². The van der Waals surface area contributed by atoms with Crippen molar-refractivity contribution in [2.75, 3.05) is 63.8 Å². The van der Waals surface area contributed by atoms with Gasteiger partial charge in [-0.1, -0.05) is 24.3 Å². The van der Waals surface area contributed by atoms with Crippen LogP contribution in [0.3, 0.4) is 0 Å². The lowest BCUT2D eigenvalue weighted by molar-refractivity contribution is 0.0618. The van der Waals surface area contributed by atoms with Crippen molar-refractivity contribution >= 4 is 45.8 Å². The average Bonchev–Trinajstić information content (AvgIpc) is 4.18. The van der Waals surface area contributed by atoms with Gasteiger partial charge in [0.15, 0.2) is 22.9 Å². The second kappa shape index (κ2) is 20.8. The molecule has 12 rings (SSSR count). The summed E-state index contributed by atoms with van der Waals surface area (Å²) in [6.45, 7) is 6.54. The largest absolute Gasteiger partial charge is 0.383 e. The van der Waals surface area contributed by atoms with E-state index >= 15 is 0 Å². The van der Waals surface area contributed by atoms with Crippen LogP contribution in [0.25, 0.3) is 67.7 Å². The molecule has 0 bridgehead atoms. The Morgan fingerprint density at radius 1 is 0.526 bits per heavy atom. The number of hydrogen-bond acceptors (Lipinski definition) is 16. The lowest BCUT2D eigenvalue weighted by atomic mass is 10.1. The standard InChI is InChI=1S/C58H48N18O2/c59-29-39-9-15-49(66-32-39)58(78)74-25-21-72(22-26-74)36-37-5-10-43(11-6-37)75-54(69-48-4-2-18-65-55(48)75)46-14-16-47(68-52(46)62)41-28-50-56(67-34-41)76(53(70-50)45-3-1-17-64-51(45)61)44-12-7-38(8-13-44)35-71-19-23-73(24-20-71)57(77)42-27-40(30-60)31-63-33-42/h1-18,27-28,31-34H,19-26,35-36H2,(H2,61,64)(H2,62,68). The number of carbonyl (C=O) groups is 2. The minimum Gasteiger partial charge on any atom is -0.383 e. The molecule has 2 aliphatic heterocycles. The molecule has 2 saturated heterocycles. The van der Waals surface area contributed by atoms with Crippen LogP contribution < -0.4 is 11.5 Å². The molecule has 0 aliphatic carbocycles. The first-order valence-corrected chi connectivity index (χ1v) is 25.3. The third-order valence-electron chi connectivity index (χ3n) is 14.2. The van der Waals surface area contributed by atoms with Crippen LogP contribution in [0.4, 0.5) is 11.6 Å². The molecule has 0 atom stereocenters. The number of imidazole rings is 2. The second-order valence-corrected chi connectivity index (χ2v) is 19.1. The van der Waals surface area contributed by atoms with Crippen LogP contribution in [-0.2, 0) is 13.1 Å². The maximum absolute atomic E-state index is 13.2. The molecule has 2 amide bonds. The van der Waals surface area contributed by atoms with E-state index in [2.05, 4.69) is 67.2 Å². The summed E-state index contributed by atoms with van der Waals surface area (Å²) >= 11 is 0. The number of nitrogen functional groups attached to an aromatic ring is 2. The highest BCUT2D eigenvalue weighted by atomic mass is 16.2. The third kappa shape index (κ3) is 9.56. The first-order chi connectivity index (χ1) is 38.2. The van der Waals surface area contributed by atoms with Crippen molar-refractivity contribution in [3.63, 3.8) is 0 Å². The van der Waals surface area contributed by atoms with Crippen molar-refractivity contribution in [2.45, 2.75) is 13.1 Å². The first kappa shape index (κ1) is 48.6. The van der Waals surface area contributed by atoms with Crippen molar-refractivity contribution in [1.29, 1.82) is 10.5 Å². The molecule has 20 heteroatoms. The van der Waals surface area contributed by atoms with E-state index < -0.39 is 0 Å². The van der Waals surface area contributed by atoms with Gasteiger partial charge in [-0.15, -0.1) is 0 Å². The number of amides is 2. The number of pyridine rings is 6. The molecule has 2 aromatic carbocycles. The Labute approximate surface area is 447 Å². The summed E-state index contributed by atoms with van der Waals surface area (Å²) in [6, 6.07) is 38.7. The van der Waals surface area contributed by atoms with Crippen LogP contribution in [0, 0.1) is 22.7 Å². The lowest BCUT2D eigenvalue weighted by Gasteiger charge is -2.34. The molecule has 0 saturated carbocycles. The van der Waals surface area contributed by atoms with Gasteiger partial charge in [-0.3, -0.25) is 33.5 Å². The van der Waals surface area contributed by atoms with Crippen LogP contribution in [0.2, 0.25) is 0 Å². The summed E-state index contributed by atoms with van der Waals surface area (Å²) in [5, 5.41) is 18.4. The first-order valence-electron chi connectivity index (χ1n) is 25.3. The highest BCUT2D eigenvalue weighted by molar-refractivity contribution is 5.94. The van der Waals surface area contributed by atoms with Gasteiger partial charge in [0, 0.05) is 120 Å². The normalized spacial score (nSPS) is 14.1. The zero-order chi connectivity index (χ0) is 53.3. The summed E-state index contributed by atoms with van der Waals surface area (Å²) in [5.41, 5.74) is 24.0. The van der Waals surface area contributed by atoms with E-state index in [0.717, 1.165) is 22.5 Å². The zero-order valence-corrected chi connectivity index (χ0v) is 42.1. The monoisotopic (exact) mass is 1030 g/mol. The summed E-state index contributed by atoms with van der Waals surface area (Å²) in [7, 11) is 0. The SMILES string of the molecule is N#Cc1ccc(C(=O)N2CCN(Cc3ccc(-n4c(-c5ccc(-c6cnc7c(c6)nc(-c6cccnc6N)n7-c6ccc(CN7CCN(C(=O)c8cncc(C#N)c8)CC7)cc6)nc5N)nc5cccnc54)cc3)CC2)nc1. The van der Waals surface area contributed by atoms with Gasteiger partial charge in [0.1, 0.15) is 40.5 Å². The smallest absolute Gasteiger partial charge is 0.272 e. The average molecular weight is 1030 g/mol. The lowest BCUT2D eigenvalue weighted by Crippen LogP contribution is -2.48. The van der Waals surface area contributed by atoms with Crippen molar-refractivity contribution in [2.24, 2.45) is 0 Å². The van der Waals surface area contributed by atoms with Crippen molar-refractivity contribution in [3.8, 4) is 57.5 Å². The van der Waals surface area contributed by atoms with E-state index in [4.69, 9.17) is 41.6 Å². The highest BCUT2D eigenvalue weighted by Gasteiger charge is 2.26. The minimum atomic E-state index is -0.132. The summed E-state index contributed by atoms with van der Waals surface area (Å²) in [4.78, 5) is 71.9. The van der Waals surface area contributed by atoms with Crippen LogP contribution in [0.5, 0.6) is 0 Å². The number of piperazine rings is 2. The Bertz CT molecular complexity index is 3990. The van der Waals surface area contributed by atoms with E-state index in [1.807, 2.05) is 79.6 Å². The van der Waals surface area contributed by atoms with Crippen LogP contribution >= 0.6 is 0 Å². The molecule has 20 nitrogen and oxygen atoms in total. The Hall–Kier alpha value is -10.3. The minimum absolute atomic E-state index is 0.121. The number of carbonyl (C=O) groups excluding carboxylic acids is 2. The van der Waals surface area contributed by atoms with E-state index in [1.165, 1.54) is 18.6 Å². The molecular formula is C58H48N18O2. The fourth-order valence-electron chi connectivity index (χ4n) is 10.1. The maximum atomic E-state index is 13.2. The number of anilines is 2. The fraction of sp³-hybridized carbons (Fsp3) is 0.172. The number of aromatic nitrogens is 10. The van der Waals surface area contributed by atoms with Crippen LogP contribution in [0.15, 0.2) is 146 Å². The molecule has 10 aromatic rings. The number of benzene rings is 2. The van der Waals surface area contributed by atoms with Gasteiger partial charge in [0.05, 0.1) is 33.5 Å². The summed E-state index contributed by atoms with van der Waals surface area (Å²) in [5.74, 6) is 1.53. The van der Waals surface area contributed by atoms with Crippen molar-refractivity contribution < 1.29 is 9.59 Å². The van der Waals surface area contributed by atoms with Gasteiger partial charge in [0.25, 0.3) is 11.8 Å². The molecule has 2 aliphatic rings. The topological polar surface area (TPSA) is 260 Å². The number of rotatable bonds is 11. The molecule has 0 unspecified atom stereocenters. The Morgan fingerprint density at radius 2 is 1.13 bits per heavy atom. The molecule has 382 valence electrons. The number of hydrogen-bond donors (Lipinski definition) is 2. The van der Waals surface area contributed by atoms with Crippen LogP contribution in [-0.4, -0.2) is 133 Å². The zero-order valence-electron chi connectivity index (χ0n) is 42.1. The predicted molar refractivity (Wildman–Crippen MR) is 292 cm³/mol. The third-order valence-corrected chi connectivity index (χ3v) is 14.2. The van der Waals surface area contributed by atoms with Gasteiger partial charge in [0.2, 0.25) is 0 Å². The Kier molecular flexibility index (Phi) is 13.0. The van der Waals surface area contributed by atoms with Crippen molar-refractivity contribution in [1.82, 2.24) is 68.6 Å². The molecule has 2 fully saturated rings. The highest BCUT2D eigenvalue weighted by Crippen LogP contribution is 2.35. The number of fused-ring (bicyclic) bond motifs is 2. The van der Waals surface area contributed by atoms with Gasteiger partial charge >= 0.3 is 0 Å². The maximum Gasteiger partial charge on any atom is 0.272 e. The van der Waals surface area contributed by atoms with Gasteiger partial charge in [-0.2, -0.15) is 10.5 Å². The molecule has 10 heterocycles. The van der Waals surface area contributed by atoms with E-state index in [1.54, 1.807) is 36.8 Å². The van der Waals surface area contributed by atoms with Crippen molar-refractivity contribution in [3.05, 3.63) is 180 Å². The van der Waals surface area contributed by atoms with Gasteiger partial charge in [-0.05, 0) is 96.1 Å². The number of nitrogens with zero attached hydrogens (tertiary/aromatic N) is 16. The van der Waals surface area contributed by atoms with Gasteiger partial charge < -0.3 is 21.3 Å². The molecule has 78 heavy (non-hydrogen) atoms. The predicted octanol–water partition coefficient (Wildman–Crippen LogP) is 6.56. The molecule has 0 radical (unpaired) electrons. The van der Waals surface area contributed by atoms with E-state index in [-0.39, 0.29) is 17.6 Å². The Morgan fingerprint density at radius 3 is 1.74 bits per heavy atom. The molecule has 4 N–H and O–H groups in total. The Balaban J connectivity index is 0.764. The summed E-state index contributed by atoms with van der Waals surface area (Å²) < 4.78 is 3.98. The molecule has 8 aromatic heterocycles. The summed E-state index contributed by atoms with van der Waals surface area (Å²) in [6.07, 6.45) is 9.55. The number of nitriles is 2. The number of nitrogens with two attached hydrogens (primary N) is 2. The molecule has 0 spiro atoms. The van der Waals surface area contributed by atoms with Crippen LogP contribution in [0.1, 0.15) is 43.1 Å². The van der Waals surface area contributed by atoms with Gasteiger partial charge in [-0.25, -0.2) is 34.9 Å². The molecular weight excluding hydrogens is 981 g/mol. The van der Waals surface area contributed by atoms with E-state index in [9.17, 15) is 14.9 Å².